The van der Waals surface area contributed by atoms with Gasteiger partial charge in [0.25, 0.3) is 5.91 Å². The summed E-state index contributed by atoms with van der Waals surface area (Å²) in [5.74, 6) is -1.16. The fourth-order valence-corrected chi connectivity index (χ4v) is 1.27. The van der Waals surface area contributed by atoms with E-state index < -0.39 is 11.7 Å². The van der Waals surface area contributed by atoms with Crippen LogP contribution in [0.1, 0.15) is 10.4 Å². The molecule has 0 spiro atoms. The Bertz CT molecular complexity index is 514. The molecule has 1 heterocycles. The van der Waals surface area contributed by atoms with Crippen molar-refractivity contribution in [2.24, 2.45) is 0 Å². The largest absolute Gasteiger partial charge is 0.291 e. The van der Waals surface area contributed by atoms with E-state index in [-0.39, 0.29) is 16.5 Å². The van der Waals surface area contributed by atoms with Crippen LogP contribution in [0.4, 0.5) is 10.3 Å². The number of benzene rings is 1. The van der Waals surface area contributed by atoms with Crippen molar-refractivity contribution in [3.05, 3.63) is 40.9 Å². The Labute approximate surface area is 94.7 Å². The molecule has 2 aromatic rings. The maximum Gasteiger partial charge on any atom is 0.260 e. The molecule has 0 radical (unpaired) electrons. The molecule has 7 heteroatoms. The molecule has 2 N–H and O–H groups in total. The van der Waals surface area contributed by atoms with Crippen LogP contribution in [0.25, 0.3) is 0 Å². The van der Waals surface area contributed by atoms with Gasteiger partial charge >= 0.3 is 0 Å². The maximum atomic E-state index is 13.3. The van der Waals surface area contributed by atoms with Gasteiger partial charge in [0.15, 0.2) is 0 Å². The number of carbonyl (C=O) groups is 1. The molecule has 0 aliphatic heterocycles. The highest BCUT2D eigenvalue weighted by Crippen LogP contribution is 2.15. The van der Waals surface area contributed by atoms with Crippen molar-refractivity contribution in [1.82, 2.24) is 15.2 Å². The van der Waals surface area contributed by atoms with E-state index in [2.05, 4.69) is 20.5 Å². The number of halogens is 2. The van der Waals surface area contributed by atoms with Crippen LogP contribution in [0.2, 0.25) is 5.02 Å². The molecular formula is C9H6ClFN4O. The van der Waals surface area contributed by atoms with Gasteiger partial charge in [0.2, 0.25) is 5.95 Å². The summed E-state index contributed by atoms with van der Waals surface area (Å²) in [6, 6.07) is 3.79. The minimum atomic E-state index is -0.690. The van der Waals surface area contributed by atoms with Gasteiger partial charge in [0.1, 0.15) is 12.1 Å². The zero-order valence-electron chi connectivity index (χ0n) is 7.87. The van der Waals surface area contributed by atoms with Gasteiger partial charge in [-0.15, -0.1) is 0 Å². The van der Waals surface area contributed by atoms with Crippen molar-refractivity contribution in [1.29, 1.82) is 0 Å². The van der Waals surface area contributed by atoms with E-state index in [0.29, 0.717) is 0 Å². The van der Waals surface area contributed by atoms with Crippen LogP contribution in [0.3, 0.4) is 0 Å². The van der Waals surface area contributed by atoms with Gasteiger partial charge in [-0.1, -0.05) is 11.6 Å². The molecule has 2 rings (SSSR count). The number of amides is 1. The smallest absolute Gasteiger partial charge is 0.260 e. The van der Waals surface area contributed by atoms with Gasteiger partial charge < -0.3 is 0 Å². The second kappa shape index (κ2) is 4.28. The third-order valence-corrected chi connectivity index (χ3v) is 2.06. The number of nitrogens with zero attached hydrogens (tertiary/aromatic N) is 2. The van der Waals surface area contributed by atoms with Crippen molar-refractivity contribution >= 4 is 23.5 Å². The number of hydrogen-bond donors (Lipinski definition) is 2. The molecule has 1 aromatic heterocycles. The molecule has 0 saturated carbocycles. The normalized spacial score (nSPS) is 10.1. The van der Waals surface area contributed by atoms with Crippen LogP contribution in [0, 0.1) is 5.82 Å². The Morgan fingerprint density at radius 2 is 2.31 bits per heavy atom. The first kappa shape index (κ1) is 10.6. The first-order valence-corrected chi connectivity index (χ1v) is 4.66. The van der Waals surface area contributed by atoms with Crippen molar-refractivity contribution in [2.75, 3.05) is 5.32 Å². The fraction of sp³-hybridized carbons (Fsp3) is 0. The summed E-state index contributed by atoms with van der Waals surface area (Å²) in [6.45, 7) is 0. The van der Waals surface area contributed by atoms with Crippen LogP contribution in [-0.4, -0.2) is 21.1 Å². The Kier molecular flexibility index (Phi) is 2.82. The predicted molar refractivity (Wildman–Crippen MR) is 55.7 cm³/mol. The van der Waals surface area contributed by atoms with Crippen LogP contribution in [0.15, 0.2) is 24.5 Å². The summed E-state index contributed by atoms with van der Waals surface area (Å²) in [6.07, 6.45) is 1.23. The SMILES string of the molecule is O=C(Nc1ncn[nH]1)c1ccc(Cl)cc1F. The number of rotatable bonds is 2. The minimum absolute atomic E-state index is 0.110. The molecule has 1 amide bonds. The summed E-state index contributed by atoms with van der Waals surface area (Å²) in [7, 11) is 0. The van der Waals surface area contributed by atoms with E-state index in [0.717, 1.165) is 6.07 Å². The molecule has 82 valence electrons. The molecule has 0 saturated heterocycles. The Balaban J connectivity index is 2.21. The number of nitrogens with one attached hydrogen (secondary N) is 2. The summed E-state index contributed by atoms with van der Waals surface area (Å²) >= 11 is 5.56. The average molecular weight is 241 g/mol. The Hall–Kier alpha value is -1.95. The number of carbonyl (C=O) groups excluding carboxylic acids is 1. The third-order valence-electron chi connectivity index (χ3n) is 1.82. The van der Waals surface area contributed by atoms with E-state index in [4.69, 9.17) is 11.6 Å². The van der Waals surface area contributed by atoms with Gasteiger partial charge in [-0.25, -0.2) is 9.49 Å². The third kappa shape index (κ3) is 2.17. The molecule has 0 atom stereocenters. The van der Waals surface area contributed by atoms with Gasteiger partial charge in [-0.2, -0.15) is 10.1 Å². The van der Waals surface area contributed by atoms with Crippen molar-refractivity contribution < 1.29 is 9.18 Å². The molecule has 0 bridgehead atoms. The Morgan fingerprint density at radius 3 is 2.94 bits per heavy atom. The van der Waals surface area contributed by atoms with Gasteiger partial charge in [0, 0.05) is 5.02 Å². The summed E-state index contributed by atoms with van der Waals surface area (Å²) in [5, 5.41) is 8.54. The lowest BCUT2D eigenvalue weighted by molar-refractivity contribution is 0.102. The van der Waals surface area contributed by atoms with Crippen molar-refractivity contribution in [3.8, 4) is 0 Å². The van der Waals surface area contributed by atoms with E-state index in [1.165, 1.54) is 18.5 Å². The standard InChI is InChI=1S/C9H6ClFN4O/c10-5-1-2-6(7(11)3-5)8(16)14-9-12-4-13-15-9/h1-4H,(H2,12,13,14,15,16). The predicted octanol–water partition coefficient (Wildman–Crippen LogP) is 1.85. The second-order valence-electron chi connectivity index (χ2n) is 2.91. The molecule has 0 aliphatic rings. The molecule has 0 fully saturated rings. The van der Waals surface area contributed by atoms with Crippen molar-refractivity contribution in [2.45, 2.75) is 0 Å². The van der Waals surface area contributed by atoms with E-state index in [9.17, 15) is 9.18 Å². The first-order chi connectivity index (χ1) is 7.66. The zero-order valence-corrected chi connectivity index (χ0v) is 8.62. The van der Waals surface area contributed by atoms with E-state index >= 15 is 0 Å². The van der Waals surface area contributed by atoms with E-state index in [1.807, 2.05) is 0 Å². The van der Waals surface area contributed by atoms with Gasteiger partial charge in [-0.3, -0.25) is 10.1 Å². The Morgan fingerprint density at radius 1 is 1.50 bits per heavy atom. The number of anilines is 1. The van der Waals surface area contributed by atoms with Crippen LogP contribution in [0.5, 0.6) is 0 Å². The van der Waals surface area contributed by atoms with Crippen LogP contribution in [-0.2, 0) is 0 Å². The number of hydrogen-bond acceptors (Lipinski definition) is 3. The van der Waals surface area contributed by atoms with Crippen LogP contribution >= 0.6 is 11.6 Å². The van der Waals surface area contributed by atoms with Crippen molar-refractivity contribution in [3.63, 3.8) is 0 Å². The highest BCUT2D eigenvalue weighted by molar-refractivity contribution is 6.30. The van der Waals surface area contributed by atoms with Crippen LogP contribution < -0.4 is 5.32 Å². The fourth-order valence-electron chi connectivity index (χ4n) is 1.11. The molecule has 5 nitrogen and oxygen atoms in total. The number of aromatic nitrogens is 3. The lowest BCUT2D eigenvalue weighted by Crippen LogP contribution is -2.14. The minimum Gasteiger partial charge on any atom is -0.291 e. The topological polar surface area (TPSA) is 70.7 Å². The monoisotopic (exact) mass is 240 g/mol. The average Bonchev–Trinajstić information content (AvgIpc) is 2.70. The first-order valence-electron chi connectivity index (χ1n) is 4.28. The van der Waals surface area contributed by atoms with Gasteiger partial charge in [0.05, 0.1) is 5.56 Å². The number of aromatic amines is 1. The molecule has 0 unspecified atom stereocenters. The number of H-pyrrole nitrogens is 1. The summed E-state index contributed by atoms with van der Waals surface area (Å²) < 4.78 is 13.3. The molecule has 16 heavy (non-hydrogen) atoms. The summed E-state index contributed by atoms with van der Waals surface area (Å²) in [5.41, 5.74) is -0.110. The quantitative estimate of drug-likeness (QED) is 0.842. The highest BCUT2D eigenvalue weighted by Gasteiger charge is 2.12. The molecule has 0 aliphatic carbocycles. The van der Waals surface area contributed by atoms with Gasteiger partial charge in [-0.05, 0) is 18.2 Å². The maximum absolute atomic E-state index is 13.3. The molecular weight excluding hydrogens is 235 g/mol. The highest BCUT2D eigenvalue weighted by atomic mass is 35.5. The zero-order chi connectivity index (χ0) is 11.5. The molecule has 1 aromatic carbocycles. The lowest BCUT2D eigenvalue weighted by Gasteiger charge is -2.02. The second-order valence-corrected chi connectivity index (χ2v) is 3.35. The summed E-state index contributed by atoms with van der Waals surface area (Å²) in [4.78, 5) is 15.2. The lowest BCUT2D eigenvalue weighted by atomic mass is 10.2. The van der Waals surface area contributed by atoms with E-state index in [1.54, 1.807) is 0 Å².